The lowest BCUT2D eigenvalue weighted by Crippen LogP contribution is -2.39. The van der Waals surface area contributed by atoms with Crippen LogP contribution in [0.5, 0.6) is 0 Å². The number of hydrogen-bond donors (Lipinski definition) is 1. The molecule has 2 atom stereocenters. The van der Waals surface area contributed by atoms with Crippen LogP contribution in [-0.2, 0) is 14.6 Å². The molecule has 2 aromatic rings. The fraction of sp³-hybridized carbons (Fsp3) is 0.333. The number of sulfone groups is 1. The number of nitrogens with zero attached hydrogens (tertiary/aromatic N) is 2. The van der Waals surface area contributed by atoms with Gasteiger partial charge in [-0.3, -0.25) is 9.79 Å². The van der Waals surface area contributed by atoms with Gasteiger partial charge in [-0.25, -0.2) is 8.42 Å². The zero-order valence-corrected chi connectivity index (χ0v) is 19.0. The van der Waals surface area contributed by atoms with Gasteiger partial charge in [0.1, 0.15) is 0 Å². The van der Waals surface area contributed by atoms with Crippen molar-refractivity contribution in [2.45, 2.75) is 25.9 Å². The van der Waals surface area contributed by atoms with Crippen LogP contribution in [0.15, 0.2) is 47.5 Å². The minimum absolute atomic E-state index is 0.0352. The summed E-state index contributed by atoms with van der Waals surface area (Å²) in [5.41, 5.74) is 3.73. The third-order valence-corrected chi connectivity index (χ3v) is 8.31. The Morgan fingerprint density at radius 1 is 1.23 bits per heavy atom. The van der Waals surface area contributed by atoms with Gasteiger partial charge in [-0.15, -0.1) is 0 Å². The topological polar surface area (TPSA) is 78.8 Å². The molecule has 9 heteroatoms. The predicted octanol–water partition coefficient (Wildman–Crippen LogP) is 3.67. The summed E-state index contributed by atoms with van der Waals surface area (Å²) >= 11 is 7.47. The summed E-state index contributed by atoms with van der Waals surface area (Å²) in [7, 11) is -3.13. The number of amidine groups is 1. The second-order valence-electron chi connectivity index (χ2n) is 7.56. The number of thioether (sulfide) groups is 1. The van der Waals surface area contributed by atoms with Crippen LogP contribution in [0.25, 0.3) is 0 Å². The number of rotatable bonds is 4. The molecule has 0 bridgehead atoms. The zero-order chi connectivity index (χ0) is 21.5. The normalized spacial score (nSPS) is 22.0. The Hall–Kier alpha value is -2.03. The number of anilines is 2. The number of fused-ring (bicyclic) bond motifs is 1. The molecule has 2 aliphatic rings. The number of nitrogens with one attached hydrogen (secondary N) is 1. The molecule has 1 saturated heterocycles. The van der Waals surface area contributed by atoms with Crippen LogP contribution in [0.4, 0.5) is 11.4 Å². The molecule has 0 spiro atoms. The van der Waals surface area contributed by atoms with Gasteiger partial charge in [0.05, 0.1) is 29.3 Å². The molecule has 1 N–H and O–H groups in total. The van der Waals surface area contributed by atoms with Crippen LogP contribution in [0, 0.1) is 13.8 Å². The van der Waals surface area contributed by atoms with Crippen LogP contribution >= 0.6 is 23.4 Å². The highest BCUT2D eigenvalue weighted by Gasteiger charge is 2.47. The Morgan fingerprint density at radius 3 is 2.77 bits per heavy atom. The maximum Gasteiger partial charge on any atom is 0.234 e. The van der Waals surface area contributed by atoms with Crippen LogP contribution < -0.4 is 10.2 Å². The number of benzene rings is 2. The molecule has 0 saturated carbocycles. The maximum atomic E-state index is 12.6. The number of aliphatic imine (C=N–C) groups is 1. The van der Waals surface area contributed by atoms with Gasteiger partial charge >= 0.3 is 0 Å². The summed E-state index contributed by atoms with van der Waals surface area (Å²) in [6.45, 7) is 3.98. The molecule has 0 aromatic heterocycles. The lowest BCUT2D eigenvalue weighted by molar-refractivity contribution is -0.113. The largest absolute Gasteiger partial charge is 0.325 e. The Labute approximate surface area is 185 Å². The van der Waals surface area contributed by atoms with E-state index in [1.165, 1.54) is 11.8 Å². The highest BCUT2D eigenvalue weighted by Crippen LogP contribution is 2.36. The first-order valence-corrected chi connectivity index (χ1v) is 12.7. The summed E-state index contributed by atoms with van der Waals surface area (Å²) in [6, 6.07) is 12.5. The van der Waals surface area contributed by atoms with E-state index in [4.69, 9.17) is 11.6 Å². The number of halogens is 1. The molecule has 2 aliphatic heterocycles. The summed E-state index contributed by atoms with van der Waals surface area (Å²) in [5.74, 6) is 0.127. The van der Waals surface area contributed by atoms with E-state index in [1.807, 2.05) is 49.1 Å². The third-order valence-electron chi connectivity index (χ3n) is 5.40. The van der Waals surface area contributed by atoms with E-state index in [1.54, 1.807) is 12.1 Å². The minimum atomic E-state index is -3.13. The lowest BCUT2D eigenvalue weighted by atomic mass is 10.1. The van der Waals surface area contributed by atoms with E-state index in [-0.39, 0.29) is 35.2 Å². The third kappa shape index (κ3) is 4.36. The van der Waals surface area contributed by atoms with Gasteiger partial charge in [-0.1, -0.05) is 41.6 Å². The van der Waals surface area contributed by atoms with Gasteiger partial charge < -0.3 is 10.2 Å². The van der Waals surface area contributed by atoms with Crippen LogP contribution in [0.1, 0.15) is 11.1 Å². The Kier molecular flexibility index (Phi) is 5.83. The maximum absolute atomic E-state index is 12.6. The standard InChI is InChI=1S/C21H22ClN3O3S2/c1-13-5-3-8-17(14(13)2)23-20(26)10-29-21-24-18-11-30(27,28)12-19(18)25(21)16-7-4-6-15(22)9-16/h3-9,18-19H,10-12H2,1-2H3,(H,23,26). The minimum Gasteiger partial charge on any atom is -0.325 e. The molecule has 1 amide bonds. The molecule has 6 nitrogen and oxygen atoms in total. The van der Waals surface area contributed by atoms with Crippen molar-refractivity contribution in [2.24, 2.45) is 4.99 Å². The highest BCUT2D eigenvalue weighted by molar-refractivity contribution is 8.14. The molecule has 2 unspecified atom stereocenters. The number of hydrogen-bond acceptors (Lipinski definition) is 6. The van der Waals surface area contributed by atoms with Crippen molar-refractivity contribution in [1.29, 1.82) is 0 Å². The van der Waals surface area contributed by atoms with Crippen LogP contribution in [0.3, 0.4) is 0 Å². The monoisotopic (exact) mass is 463 g/mol. The van der Waals surface area contributed by atoms with E-state index >= 15 is 0 Å². The van der Waals surface area contributed by atoms with Crippen molar-refractivity contribution < 1.29 is 13.2 Å². The van der Waals surface area contributed by atoms with Gasteiger partial charge in [0.2, 0.25) is 5.91 Å². The number of carbonyl (C=O) groups is 1. The molecule has 1 fully saturated rings. The average molecular weight is 464 g/mol. The van der Waals surface area contributed by atoms with Gasteiger partial charge in [0.15, 0.2) is 15.0 Å². The highest BCUT2D eigenvalue weighted by atomic mass is 35.5. The van der Waals surface area contributed by atoms with E-state index in [0.717, 1.165) is 22.5 Å². The van der Waals surface area contributed by atoms with E-state index < -0.39 is 9.84 Å². The number of amides is 1. The second kappa shape index (κ2) is 8.24. The summed E-state index contributed by atoms with van der Waals surface area (Å²) in [6.07, 6.45) is 0. The Balaban J connectivity index is 1.51. The molecular formula is C21H22ClN3O3S2. The van der Waals surface area contributed by atoms with Gasteiger partial charge in [-0.2, -0.15) is 0 Å². The van der Waals surface area contributed by atoms with Crippen molar-refractivity contribution in [3.05, 3.63) is 58.6 Å². The predicted molar refractivity (Wildman–Crippen MR) is 125 cm³/mol. The molecule has 0 aliphatic carbocycles. The van der Waals surface area contributed by atoms with E-state index in [0.29, 0.717) is 10.2 Å². The Bertz CT molecular complexity index is 1130. The van der Waals surface area contributed by atoms with Gasteiger partial charge in [-0.05, 0) is 49.2 Å². The molecule has 2 heterocycles. The first-order chi connectivity index (χ1) is 14.2. The molecule has 4 rings (SSSR count). The first kappa shape index (κ1) is 21.2. The molecule has 30 heavy (non-hydrogen) atoms. The number of aryl methyl sites for hydroxylation is 1. The van der Waals surface area contributed by atoms with Gasteiger partial charge in [0, 0.05) is 16.4 Å². The molecule has 158 valence electrons. The fourth-order valence-corrected chi connectivity index (χ4v) is 6.72. The van der Waals surface area contributed by atoms with E-state index in [9.17, 15) is 13.2 Å². The second-order valence-corrected chi connectivity index (χ2v) is 11.1. The molecule has 0 radical (unpaired) electrons. The van der Waals surface area contributed by atoms with Crippen molar-refractivity contribution in [3.8, 4) is 0 Å². The van der Waals surface area contributed by atoms with Crippen molar-refractivity contribution >= 4 is 55.6 Å². The summed E-state index contributed by atoms with van der Waals surface area (Å²) < 4.78 is 24.3. The zero-order valence-electron chi connectivity index (χ0n) is 16.6. The molecular weight excluding hydrogens is 442 g/mol. The quantitative estimate of drug-likeness (QED) is 0.748. The Morgan fingerprint density at radius 2 is 2.00 bits per heavy atom. The first-order valence-electron chi connectivity index (χ1n) is 9.55. The lowest BCUT2D eigenvalue weighted by Gasteiger charge is -2.26. The smallest absolute Gasteiger partial charge is 0.234 e. The van der Waals surface area contributed by atoms with Crippen molar-refractivity contribution in [1.82, 2.24) is 0 Å². The van der Waals surface area contributed by atoms with E-state index in [2.05, 4.69) is 10.3 Å². The SMILES string of the molecule is Cc1cccc(NC(=O)CSC2=NC3CS(=O)(=O)CC3N2c2cccc(Cl)c2)c1C. The fourth-order valence-electron chi connectivity index (χ4n) is 3.76. The summed E-state index contributed by atoms with van der Waals surface area (Å²) in [5, 5.41) is 4.17. The van der Waals surface area contributed by atoms with Crippen molar-refractivity contribution in [2.75, 3.05) is 27.5 Å². The van der Waals surface area contributed by atoms with Crippen molar-refractivity contribution in [3.63, 3.8) is 0 Å². The van der Waals surface area contributed by atoms with Crippen LogP contribution in [-0.4, -0.2) is 48.8 Å². The van der Waals surface area contributed by atoms with Crippen LogP contribution in [0.2, 0.25) is 5.02 Å². The molecule has 2 aromatic carbocycles. The number of carbonyl (C=O) groups excluding carboxylic acids is 1. The summed E-state index contributed by atoms with van der Waals surface area (Å²) in [4.78, 5) is 19.1. The average Bonchev–Trinajstić information content (AvgIpc) is 3.14. The van der Waals surface area contributed by atoms with Gasteiger partial charge in [0.25, 0.3) is 0 Å².